The maximum absolute atomic E-state index is 5.80. The zero-order chi connectivity index (χ0) is 15.4. The number of halogens is 1. The standard InChI is InChI=1S/C19H22N2O.ClH/c1-15-8-7-9-17(14-15)22-13-6-5-12-21-16(2)20-18-10-3-4-11-19(18)21;/h3-4,7-11,14H,5-6,12-13H2,1-2H3;1H. The Labute approximate surface area is 143 Å². The fourth-order valence-electron chi connectivity index (χ4n) is 2.75. The molecule has 2 aromatic carbocycles. The summed E-state index contributed by atoms with van der Waals surface area (Å²) in [7, 11) is 0. The average molecular weight is 331 g/mol. The second-order valence-electron chi connectivity index (χ2n) is 5.67. The van der Waals surface area contributed by atoms with E-state index in [0.29, 0.717) is 0 Å². The summed E-state index contributed by atoms with van der Waals surface area (Å²) < 4.78 is 8.09. The minimum absolute atomic E-state index is 0. The lowest BCUT2D eigenvalue weighted by molar-refractivity contribution is 0.303. The van der Waals surface area contributed by atoms with Crippen molar-refractivity contribution in [3.05, 3.63) is 59.9 Å². The van der Waals surface area contributed by atoms with Crippen molar-refractivity contribution in [3.63, 3.8) is 0 Å². The number of fused-ring (bicyclic) bond motifs is 1. The van der Waals surface area contributed by atoms with E-state index in [9.17, 15) is 0 Å². The molecule has 0 saturated carbocycles. The van der Waals surface area contributed by atoms with E-state index in [1.54, 1.807) is 0 Å². The first-order chi connectivity index (χ1) is 10.7. The Balaban J connectivity index is 0.00000192. The molecular weight excluding hydrogens is 308 g/mol. The van der Waals surface area contributed by atoms with Crippen LogP contribution in [-0.2, 0) is 6.54 Å². The Morgan fingerprint density at radius 3 is 2.65 bits per heavy atom. The highest BCUT2D eigenvalue weighted by Crippen LogP contribution is 2.17. The highest BCUT2D eigenvalue weighted by atomic mass is 35.5. The number of hydrogen-bond acceptors (Lipinski definition) is 2. The van der Waals surface area contributed by atoms with Gasteiger partial charge in [0, 0.05) is 6.54 Å². The van der Waals surface area contributed by atoms with E-state index in [-0.39, 0.29) is 12.4 Å². The van der Waals surface area contributed by atoms with Gasteiger partial charge in [0.15, 0.2) is 0 Å². The lowest BCUT2D eigenvalue weighted by atomic mass is 10.2. The number of hydrogen-bond donors (Lipinski definition) is 0. The molecule has 0 aliphatic heterocycles. The number of nitrogens with zero attached hydrogens (tertiary/aromatic N) is 2. The van der Waals surface area contributed by atoms with Crippen molar-refractivity contribution >= 4 is 23.4 Å². The van der Waals surface area contributed by atoms with Crippen molar-refractivity contribution in [2.24, 2.45) is 0 Å². The molecule has 0 amide bonds. The smallest absolute Gasteiger partial charge is 0.119 e. The van der Waals surface area contributed by atoms with Crippen LogP contribution in [0.1, 0.15) is 24.2 Å². The second kappa shape index (κ2) is 8.02. The van der Waals surface area contributed by atoms with Crippen molar-refractivity contribution in [2.75, 3.05) is 6.61 Å². The van der Waals surface area contributed by atoms with Crippen LogP contribution in [0.2, 0.25) is 0 Å². The molecule has 0 spiro atoms. The highest BCUT2D eigenvalue weighted by Gasteiger charge is 2.05. The third-order valence-electron chi connectivity index (χ3n) is 3.88. The SMILES string of the molecule is Cc1cccc(OCCCCn2c(C)nc3ccccc32)c1.Cl. The molecule has 122 valence electrons. The first kappa shape index (κ1) is 17.4. The number of imidazole rings is 1. The van der Waals surface area contributed by atoms with Crippen LogP contribution < -0.4 is 4.74 Å². The summed E-state index contributed by atoms with van der Waals surface area (Å²) >= 11 is 0. The van der Waals surface area contributed by atoms with Crippen LogP contribution in [0.15, 0.2) is 48.5 Å². The molecule has 0 N–H and O–H groups in total. The monoisotopic (exact) mass is 330 g/mol. The summed E-state index contributed by atoms with van der Waals surface area (Å²) in [6.07, 6.45) is 2.13. The van der Waals surface area contributed by atoms with Gasteiger partial charge in [0.2, 0.25) is 0 Å². The number of aryl methyl sites for hydroxylation is 3. The molecule has 0 radical (unpaired) electrons. The van der Waals surface area contributed by atoms with Crippen LogP contribution in [0.5, 0.6) is 5.75 Å². The number of rotatable bonds is 6. The Hall–Kier alpha value is -2.00. The van der Waals surface area contributed by atoms with Gasteiger partial charge in [-0.05, 0) is 56.5 Å². The van der Waals surface area contributed by atoms with E-state index in [0.717, 1.165) is 43.1 Å². The first-order valence-corrected chi connectivity index (χ1v) is 7.85. The Morgan fingerprint density at radius 2 is 1.83 bits per heavy atom. The fourth-order valence-corrected chi connectivity index (χ4v) is 2.75. The predicted octanol–water partition coefficient (Wildman–Crippen LogP) is 4.93. The van der Waals surface area contributed by atoms with Crippen molar-refractivity contribution < 1.29 is 4.74 Å². The Bertz CT molecular complexity index is 767. The number of benzene rings is 2. The first-order valence-electron chi connectivity index (χ1n) is 7.85. The zero-order valence-corrected chi connectivity index (χ0v) is 14.5. The van der Waals surface area contributed by atoms with Gasteiger partial charge < -0.3 is 9.30 Å². The molecule has 0 atom stereocenters. The highest BCUT2D eigenvalue weighted by molar-refractivity contribution is 5.85. The summed E-state index contributed by atoms with van der Waals surface area (Å²) in [6.45, 7) is 5.90. The predicted molar refractivity (Wildman–Crippen MR) is 97.6 cm³/mol. The van der Waals surface area contributed by atoms with Crippen LogP contribution in [0, 0.1) is 13.8 Å². The van der Waals surface area contributed by atoms with Gasteiger partial charge in [-0.2, -0.15) is 0 Å². The summed E-state index contributed by atoms with van der Waals surface area (Å²) in [5.74, 6) is 2.05. The van der Waals surface area contributed by atoms with Crippen molar-refractivity contribution in [1.82, 2.24) is 9.55 Å². The van der Waals surface area contributed by atoms with E-state index in [1.807, 2.05) is 18.2 Å². The molecule has 3 nitrogen and oxygen atoms in total. The maximum atomic E-state index is 5.80. The Morgan fingerprint density at radius 1 is 1.00 bits per heavy atom. The van der Waals surface area contributed by atoms with Gasteiger partial charge in [-0.25, -0.2) is 4.98 Å². The molecule has 0 bridgehead atoms. The molecular formula is C19H23ClN2O. The van der Waals surface area contributed by atoms with Crippen LogP contribution >= 0.6 is 12.4 Å². The number of aromatic nitrogens is 2. The van der Waals surface area contributed by atoms with Crippen LogP contribution in [0.3, 0.4) is 0 Å². The van der Waals surface area contributed by atoms with Crippen LogP contribution in [0.25, 0.3) is 11.0 Å². The largest absolute Gasteiger partial charge is 0.494 e. The van der Waals surface area contributed by atoms with Crippen LogP contribution in [0.4, 0.5) is 0 Å². The Kier molecular flexibility index (Phi) is 6.05. The molecule has 0 unspecified atom stereocenters. The molecule has 0 saturated heterocycles. The van der Waals surface area contributed by atoms with E-state index >= 15 is 0 Å². The second-order valence-corrected chi connectivity index (χ2v) is 5.67. The minimum atomic E-state index is 0. The van der Waals surface area contributed by atoms with E-state index < -0.39 is 0 Å². The number of unbranched alkanes of at least 4 members (excludes halogenated alkanes) is 1. The molecule has 4 heteroatoms. The summed E-state index contributed by atoms with van der Waals surface area (Å²) in [5.41, 5.74) is 3.54. The molecule has 3 rings (SSSR count). The third-order valence-corrected chi connectivity index (χ3v) is 3.88. The summed E-state index contributed by atoms with van der Waals surface area (Å²) in [6, 6.07) is 16.5. The summed E-state index contributed by atoms with van der Waals surface area (Å²) in [4.78, 5) is 4.60. The van der Waals surface area contributed by atoms with Gasteiger partial charge in [0.1, 0.15) is 11.6 Å². The van der Waals surface area contributed by atoms with Crippen molar-refractivity contribution in [2.45, 2.75) is 33.2 Å². The minimum Gasteiger partial charge on any atom is -0.494 e. The zero-order valence-electron chi connectivity index (χ0n) is 13.7. The molecule has 1 heterocycles. The normalized spacial score (nSPS) is 10.5. The van der Waals surface area contributed by atoms with Crippen molar-refractivity contribution in [1.29, 1.82) is 0 Å². The maximum Gasteiger partial charge on any atom is 0.119 e. The van der Waals surface area contributed by atoms with Gasteiger partial charge in [-0.15, -0.1) is 12.4 Å². The lowest BCUT2D eigenvalue weighted by Crippen LogP contribution is -2.03. The average Bonchev–Trinajstić information content (AvgIpc) is 2.83. The lowest BCUT2D eigenvalue weighted by Gasteiger charge is -2.09. The quantitative estimate of drug-likeness (QED) is 0.599. The van der Waals surface area contributed by atoms with Crippen LogP contribution in [-0.4, -0.2) is 16.2 Å². The number of para-hydroxylation sites is 2. The molecule has 1 aromatic heterocycles. The molecule has 0 aliphatic rings. The van der Waals surface area contributed by atoms with E-state index in [2.05, 4.69) is 53.7 Å². The van der Waals surface area contributed by atoms with Crippen molar-refractivity contribution in [3.8, 4) is 5.75 Å². The van der Waals surface area contributed by atoms with Gasteiger partial charge in [-0.1, -0.05) is 24.3 Å². The van der Waals surface area contributed by atoms with Gasteiger partial charge in [0.05, 0.1) is 17.6 Å². The van der Waals surface area contributed by atoms with Gasteiger partial charge in [0.25, 0.3) is 0 Å². The van der Waals surface area contributed by atoms with Gasteiger partial charge >= 0.3 is 0 Å². The van der Waals surface area contributed by atoms with Gasteiger partial charge in [-0.3, -0.25) is 0 Å². The molecule has 0 aliphatic carbocycles. The topological polar surface area (TPSA) is 27.1 Å². The summed E-state index contributed by atoms with van der Waals surface area (Å²) in [5, 5.41) is 0. The third kappa shape index (κ3) is 4.26. The fraction of sp³-hybridized carbons (Fsp3) is 0.316. The molecule has 3 aromatic rings. The molecule has 23 heavy (non-hydrogen) atoms. The number of ether oxygens (including phenoxy) is 1. The van der Waals surface area contributed by atoms with E-state index in [1.165, 1.54) is 11.1 Å². The molecule has 0 fully saturated rings. The van der Waals surface area contributed by atoms with E-state index in [4.69, 9.17) is 4.74 Å².